The van der Waals surface area contributed by atoms with Crippen molar-refractivity contribution in [1.82, 2.24) is 0 Å². The zero-order chi connectivity index (χ0) is 8.55. The van der Waals surface area contributed by atoms with Crippen LogP contribution in [0.1, 0.15) is 18.2 Å². The minimum absolute atomic E-state index is 0.693. The molecular weight excluding hydrogens is 174 g/mol. The van der Waals surface area contributed by atoms with Crippen LogP contribution in [0.25, 0.3) is 0 Å². The summed E-state index contributed by atoms with van der Waals surface area (Å²) in [6.07, 6.45) is 5.46. The topological polar surface area (TPSA) is 25.2 Å². The van der Waals surface area contributed by atoms with Crippen LogP contribution in [0.5, 0.6) is 0 Å². The molecule has 1 N–H and O–H groups in total. The summed E-state index contributed by atoms with van der Waals surface area (Å²) in [4.78, 5) is 0. The van der Waals surface area contributed by atoms with Gasteiger partial charge < -0.3 is 9.73 Å². The highest BCUT2D eigenvalue weighted by Gasteiger charge is 2.15. The predicted molar refractivity (Wildman–Crippen MR) is 49.3 cm³/mol. The number of allylic oxidation sites excluding steroid dienone is 1. The van der Waals surface area contributed by atoms with Crippen LogP contribution in [0.4, 0.5) is 5.69 Å². The molecule has 1 aliphatic rings. The molecule has 2 heterocycles. The molecule has 0 aliphatic carbocycles. The number of nitrogens with one attached hydrogen (secondary N) is 1. The third-order valence-corrected chi connectivity index (χ3v) is 2.28. The zero-order valence-electron chi connectivity index (χ0n) is 6.86. The van der Waals surface area contributed by atoms with Gasteiger partial charge in [0.15, 0.2) is 0 Å². The van der Waals surface area contributed by atoms with Crippen molar-refractivity contribution in [2.24, 2.45) is 0 Å². The second-order valence-electron chi connectivity index (χ2n) is 2.79. The first-order valence-corrected chi connectivity index (χ1v) is 4.41. The second-order valence-corrected chi connectivity index (χ2v) is 3.20. The molecule has 0 spiro atoms. The number of aryl methyl sites for hydroxylation is 1. The number of anilines is 1. The van der Waals surface area contributed by atoms with E-state index in [1.165, 1.54) is 5.56 Å². The quantitative estimate of drug-likeness (QED) is 0.678. The minimum atomic E-state index is 0.693. The summed E-state index contributed by atoms with van der Waals surface area (Å²) in [5.41, 5.74) is 2.25. The Hall–Kier alpha value is -0.890. The monoisotopic (exact) mass is 183 g/mol. The van der Waals surface area contributed by atoms with Crippen molar-refractivity contribution in [1.29, 1.82) is 0 Å². The zero-order valence-corrected chi connectivity index (χ0v) is 7.61. The lowest BCUT2D eigenvalue weighted by atomic mass is 10.1. The van der Waals surface area contributed by atoms with Gasteiger partial charge in [0.05, 0.1) is 12.0 Å². The maximum absolute atomic E-state index is 5.84. The summed E-state index contributed by atoms with van der Waals surface area (Å²) in [6.45, 7) is 2.10. The average Bonchev–Trinajstić information content (AvgIpc) is 2.46. The van der Waals surface area contributed by atoms with Crippen molar-refractivity contribution < 1.29 is 4.42 Å². The van der Waals surface area contributed by atoms with E-state index in [1.54, 1.807) is 6.26 Å². The fourth-order valence-corrected chi connectivity index (χ4v) is 1.52. The summed E-state index contributed by atoms with van der Waals surface area (Å²) in [5, 5.41) is 3.79. The first-order chi connectivity index (χ1) is 5.81. The van der Waals surface area contributed by atoms with Gasteiger partial charge in [-0.3, -0.25) is 0 Å². The number of fused-ring (bicyclic) bond motifs is 1. The molecule has 0 atom stereocenters. The first-order valence-electron chi connectivity index (χ1n) is 4.03. The molecule has 2 nitrogen and oxygen atoms in total. The van der Waals surface area contributed by atoms with Gasteiger partial charge in [-0.25, -0.2) is 0 Å². The molecule has 0 amide bonds. The van der Waals surface area contributed by atoms with Crippen molar-refractivity contribution in [3.63, 3.8) is 0 Å². The molecule has 0 radical (unpaired) electrons. The van der Waals surface area contributed by atoms with Crippen LogP contribution in [-0.2, 0) is 12.8 Å². The van der Waals surface area contributed by atoms with Crippen molar-refractivity contribution in [3.8, 4) is 0 Å². The van der Waals surface area contributed by atoms with Crippen LogP contribution < -0.4 is 5.32 Å². The Balaban J connectivity index is 2.39. The normalized spacial score (nSPS) is 15.0. The predicted octanol–water partition coefficient (Wildman–Crippen LogP) is 2.89. The van der Waals surface area contributed by atoms with Crippen LogP contribution in [0, 0.1) is 0 Å². The Labute approximate surface area is 76.2 Å². The molecule has 0 saturated carbocycles. The van der Waals surface area contributed by atoms with Gasteiger partial charge in [0.1, 0.15) is 10.9 Å². The molecule has 64 valence electrons. The van der Waals surface area contributed by atoms with Gasteiger partial charge in [-0.1, -0.05) is 18.5 Å². The van der Waals surface area contributed by atoms with E-state index in [2.05, 4.69) is 12.2 Å². The maximum atomic E-state index is 5.84. The Morgan fingerprint density at radius 2 is 2.50 bits per heavy atom. The highest BCUT2D eigenvalue weighted by Crippen LogP contribution is 2.30. The Bertz CT molecular complexity index is 327. The molecule has 12 heavy (non-hydrogen) atoms. The molecule has 2 rings (SSSR count). The lowest BCUT2D eigenvalue weighted by Gasteiger charge is -2.10. The molecule has 0 aromatic carbocycles. The molecular formula is C9H10ClNO. The Morgan fingerprint density at radius 1 is 1.67 bits per heavy atom. The van der Waals surface area contributed by atoms with E-state index in [1.807, 2.05) is 6.08 Å². The number of halogens is 1. The van der Waals surface area contributed by atoms with Gasteiger partial charge in [-0.2, -0.15) is 0 Å². The van der Waals surface area contributed by atoms with Crippen molar-refractivity contribution in [2.45, 2.75) is 19.8 Å². The number of furan rings is 1. The fourth-order valence-electron chi connectivity index (χ4n) is 1.35. The van der Waals surface area contributed by atoms with Gasteiger partial charge in [0.25, 0.3) is 0 Å². The molecule has 1 aromatic heterocycles. The summed E-state index contributed by atoms with van der Waals surface area (Å²) >= 11 is 5.84. The Kier molecular flexibility index (Phi) is 1.85. The van der Waals surface area contributed by atoms with E-state index in [9.17, 15) is 0 Å². The van der Waals surface area contributed by atoms with Crippen LogP contribution in [0.15, 0.2) is 21.9 Å². The van der Waals surface area contributed by atoms with E-state index in [-0.39, 0.29) is 0 Å². The van der Waals surface area contributed by atoms with E-state index in [4.69, 9.17) is 16.0 Å². The molecule has 3 heteroatoms. The number of rotatable bonds is 1. The molecule has 0 saturated heterocycles. The van der Waals surface area contributed by atoms with Gasteiger partial charge in [0.2, 0.25) is 0 Å². The van der Waals surface area contributed by atoms with Gasteiger partial charge in [-0.15, -0.1) is 0 Å². The van der Waals surface area contributed by atoms with Gasteiger partial charge in [-0.05, 0) is 12.5 Å². The van der Waals surface area contributed by atoms with Gasteiger partial charge >= 0.3 is 0 Å². The summed E-state index contributed by atoms with van der Waals surface area (Å²) in [6, 6.07) is 0. The average molecular weight is 184 g/mol. The lowest BCUT2D eigenvalue weighted by Crippen LogP contribution is -2.03. The number of hydrogen-bond acceptors (Lipinski definition) is 2. The maximum Gasteiger partial charge on any atom is 0.131 e. The first kappa shape index (κ1) is 7.74. The highest BCUT2D eigenvalue weighted by atomic mass is 35.5. The van der Waals surface area contributed by atoms with Crippen molar-refractivity contribution >= 4 is 17.3 Å². The summed E-state index contributed by atoms with van der Waals surface area (Å²) in [7, 11) is 0. The van der Waals surface area contributed by atoms with Crippen LogP contribution in [0.2, 0.25) is 0 Å². The van der Waals surface area contributed by atoms with Crippen LogP contribution >= 0.6 is 11.6 Å². The smallest absolute Gasteiger partial charge is 0.131 e. The fraction of sp³-hybridized carbons (Fsp3) is 0.333. The third-order valence-electron chi connectivity index (χ3n) is 2.04. The summed E-state index contributed by atoms with van der Waals surface area (Å²) in [5.74, 6) is 0.983. The summed E-state index contributed by atoms with van der Waals surface area (Å²) < 4.78 is 5.36. The number of hydrogen-bond donors (Lipinski definition) is 1. The molecule has 0 unspecified atom stereocenters. The SMILES string of the molecule is CCc1coc2c1NC(Cl)=CC2. The van der Waals surface area contributed by atoms with Crippen LogP contribution in [0.3, 0.4) is 0 Å². The lowest BCUT2D eigenvalue weighted by molar-refractivity contribution is 0.521. The standard InChI is InChI=1S/C9H10ClNO/c1-2-6-5-12-7-3-4-8(10)11-9(6)7/h4-5,11H,2-3H2,1H3. The van der Waals surface area contributed by atoms with Crippen molar-refractivity contribution in [3.05, 3.63) is 28.8 Å². The van der Waals surface area contributed by atoms with E-state index >= 15 is 0 Å². The van der Waals surface area contributed by atoms with E-state index in [0.717, 1.165) is 24.3 Å². The Morgan fingerprint density at radius 3 is 3.25 bits per heavy atom. The third kappa shape index (κ3) is 1.12. The minimum Gasteiger partial charge on any atom is -0.466 e. The molecule has 1 aromatic rings. The molecule has 1 aliphatic heterocycles. The highest BCUT2D eigenvalue weighted by molar-refractivity contribution is 6.31. The largest absolute Gasteiger partial charge is 0.466 e. The van der Waals surface area contributed by atoms with Gasteiger partial charge in [0, 0.05) is 12.0 Å². The van der Waals surface area contributed by atoms with E-state index in [0.29, 0.717) is 5.16 Å². The second kappa shape index (κ2) is 2.87. The molecule has 0 fully saturated rings. The van der Waals surface area contributed by atoms with Crippen LogP contribution in [-0.4, -0.2) is 0 Å². The van der Waals surface area contributed by atoms with E-state index < -0.39 is 0 Å². The molecule has 0 bridgehead atoms. The van der Waals surface area contributed by atoms with Crippen molar-refractivity contribution in [2.75, 3.05) is 5.32 Å².